The van der Waals surface area contributed by atoms with E-state index in [0.717, 1.165) is 41.2 Å². The molecule has 0 saturated carbocycles. The van der Waals surface area contributed by atoms with Crippen molar-refractivity contribution in [1.82, 2.24) is 9.88 Å². The van der Waals surface area contributed by atoms with E-state index >= 15 is 0 Å². The van der Waals surface area contributed by atoms with Crippen molar-refractivity contribution in [3.8, 4) is 0 Å². The molecule has 1 aromatic heterocycles. The number of para-hydroxylation sites is 1. The van der Waals surface area contributed by atoms with Crippen molar-refractivity contribution >= 4 is 39.5 Å². The largest absolute Gasteiger partial charge is 0.452 e. The number of aromatic nitrogens is 1. The van der Waals surface area contributed by atoms with Gasteiger partial charge in [0.15, 0.2) is 6.61 Å². The molecule has 1 aliphatic rings. The molecule has 0 spiro atoms. The van der Waals surface area contributed by atoms with Crippen LogP contribution in [-0.4, -0.2) is 41.5 Å². The van der Waals surface area contributed by atoms with Gasteiger partial charge in [-0.25, -0.2) is 9.78 Å². The van der Waals surface area contributed by atoms with Crippen LogP contribution in [-0.2, 0) is 14.3 Å². The number of carbonyl (C=O) groups excluding carboxylic acids is 2. The van der Waals surface area contributed by atoms with Crippen LogP contribution < -0.4 is 0 Å². The SMILES string of the molecule is C[C@H]1CCCN(C(=O)COC(=O)/C=C/c2nc3ccccc3s2)C1. The zero-order chi connectivity index (χ0) is 16.9. The Bertz CT molecular complexity index is 735. The zero-order valence-corrected chi connectivity index (χ0v) is 14.4. The number of hydrogen-bond acceptors (Lipinski definition) is 5. The van der Waals surface area contributed by atoms with Crippen molar-refractivity contribution in [1.29, 1.82) is 0 Å². The van der Waals surface area contributed by atoms with Crippen LogP contribution in [0.2, 0.25) is 0 Å². The van der Waals surface area contributed by atoms with Gasteiger partial charge in [0.05, 0.1) is 10.2 Å². The second-order valence-corrected chi connectivity index (χ2v) is 7.11. The summed E-state index contributed by atoms with van der Waals surface area (Å²) >= 11 is 1.51. The summed E-state index contributed by atoms with van der Waals surface area (Å²) in [7, 11) is 0. The monoisotopic (exact) mass is 344 g/mol. The number of amides is 1. The Kier molecular flexibility index (Phi) is 5.25. The molecule has 0 radical (unpaired) electrons. The van der Waals surface area contributed by atoms with Crippen molar-refractivity contribution in [2.75, 3.05) is 19.7 Å². The lowest BCUT2D eigenvalue weighted by Gasteiger charge is -2.30. The van der Waals surface area contributed by atoms with E-state index in [1.54, 1.807) is 11.0 Å². The Labute approximate surface area is 144 Å². The quantitative estimate of drug-likeness (QED) is 0.632. The van der Waals surface area contributed by atoms with Crippen LogP contribution >= 0.6 is 11.3 Å². The topological polar surface area (TPSA) is 59.5 Å². The molecule has 2 aromatic rings. The lowest BCUT2D eigenvalue weighted by molar-refractivity contribution is -0.149. The highest BCUT2D eigenvalue weighted by Gasteiger charge is 2.21. The molecule has 0 aliphatic carbocycles. The van der Waals surface area contributed by atoms with Gasteiger partial charge < -0.3 is 9.64 Å². The molecule has 24 heavy (non-hydrogen) atoms. The number of hydrogen-bond donors (Lipinski definition) is 0. The Morgan fingerprint density at radius 1 is 1.42 bits per heavy atom. The first kappa shape index (κ1) is 16.6. The van der Waals surface area contributed by atoms with Gasteiger partial charge in [-0.05, 0) is 37.0 Å². The molecule has 1 atom stereocenters. The van der Waals surface area contributed by atoms with Crippen LogP contribution in [0.4, 0.5) is 0 Å². The Balaban J connectivity index is 1.50. The fourth-order valence-corrected chi connectivity index (χ4v) is 3.66. The summed E-state index contributed by atoms with van der Waals surface area (Å²) in [4.78, 5) is 30.0. The first-order valence-electron chi connectivity index (χ1n) is 8.10. The van der Waals surface area contributed by atoms with E-state index in [-0.39, 0.29) is 12.5 Å². The number of fused-ring (bicyclic) bond motifs is 1. The summed E-state index contributed by atoms with van der Waals surface area (Å²) in [5.41, 5.74) is 0.907. The predicted octanol–water partition coefficient (Wildman–Crippen LogP) is 3.11. The van der Waals surface area contributed by atoms with E-state index in [2.05, 4.69) is 11.9 Å². The second-order valence-electron chi connectivity index (χ2n) is 6.05. The third-order valence-corrected chi connectivity index (χ3v) is 5.02. The van der Waals surface area contributed by atoms with Gasteiger partial charge in [-0.1, -0.05) is 19.1 Å². The smallest absolute Gasteiger partial charge is 0.331 e. The molecule has 1 saturated heterocycles. The lowest BCUT2D eigenvalue weighted by atomic mass is 10.0. The normalized spacial score (nSPS) is 18.2. The third kappa shape index (κ3) is 4.20. The van der Waals surface area contributed by atoms with E-state index in [1.807, 2.05) is 24.3 Å². The number of benzene rings is 1. The maximum Gasteiger partial charge on any atom is 0.331 e. The molecule has 1 fully saturated rings. The van der Waals surface area contributed by atoms with Gasteiger partial charge in [-0.2, -0.15) is 0 Å². The minimum Gasteiger partial charge on any atom is -0.452 e. The van der Waals surface area contributed by atoms with Crippen LogP contribution in [0.3, 0.4) is 0 Å². The van der Waals surface area contributed by atoms with Crippen LogP contribution in [0.25, 0.3) is 16.3 Å². The number of piperidine rings is 1. The molecule has 6 heteroatoms. The first-order chi connectivity index (χ1) is 11.6. The molecule has 0 unspecified atom stereocenters. The third-order valence-electron chi connectivity index (χ3n) is 4.02. The summed E-state index contributed by atoms with van der Waals surface area (Å²) < 4.78 is 6.12. The number of ether oxygens (including phenoxy) is 1. The minimum absolute atomic E-state index is 0.122. The van der Waals surface area contributed by atoms with Gasteiger partial charge in [-0.3, -0.25) is 4.79 Å². The predicted molar refractivity (Wildman–Crippen MR) is 94.6 cm³/mol. The fraction of sp³-hybridized carbons (Fsp3) is 0.389. The van der Waals surface area contributed by atoms with E-state index in [0.29, 0.717) is 5.92 Å². The maximum atomic E-state index is 12.1. The molecular weight excluding hydrogens is 324 g/mol. The average molecular weight is 344 g/mol. The highest BCUT2D eigenvalue weighted by atomic mass is 32.1. The van der Waals surface area contributed by atoms with Crippen LogP contribution in [0.15, 0.2) is 30.3 Å². The number of likely N-dealkylation sites (tertiary alicyclic amines) is 1. The van der Waals surface area contributed by atoms with Gasteiger partial charge in [-0.15, -0.1) is 11.3 Å². The highest BCUT2D eigenvalue weighted by molar-refractivity contribution is 7.19. The van der Waals surface area contributed by atoms with Gasteiger partial charge in [0.2, 0.25) is 0 Å². The molecule has 3 rings (SSSR count). The van der Waals surface area contributed by atoms with Gasteiger partial charge in [0.25, 0.3) is 5.91 Å². The number of carbonyl (C=O) groups is 2. The van der Waals surface area contributed by atoms with Crippen LogP contribution in [0.5, 0.6) is 0 Å². The van der Waals surface area contributed by atoms with E-state index in [4.69, 9.17) is 4.74 Å². The number of esters is 1. The summed E-state index contributed by atoms with van der Waals surface area (Å²) in [6, 6.07) is 7.80. The van der Waals surface area contributed by atoms with Crippen molar-refractivity contribution < 1.29 is 14.3 Å². The van der Waals surface area contributed by atoms with Crippen LogP contribution in [0, 0.1) is 5.92 Å². The van der Waals surface area contributed by atoms with Gasteiger partial charge >= 0.3 is 5.97 Å². The molecular formula is C18H20N2O3S. The Morgan fingerprint density at radius 2 is 2.25 bits per heavy atom. The summed E-state index contributed by atoms with van der Waals surface area (Å²) in [6.45, 7) is 3.43. The van der Waals surface area contributed by atoms with Crippen molar-refractivity contribution in [2.45, 2.75) is 19.8 Å². The van der Waals surface area contributed by atoms with Gasteiger partial charge in [0.1, 0.15) is 5.01 Å². The molecule has 1 aliphatic heterocycles. The lowest BCUT2D eigenvalue weighted by Crippen LogP contribution is -2.41. The number of rotatable bonds is 4. The fourth-order valence-electron chi connectivity index (χ4n) is 2.79. The zero-order valence-electron chi connectivity index (χ0n) is 13.6. The number of thiazole rings is 1. The van der Waals surface area contributed by atoms with Crippen molar-refractivity contribution in [2.24, 2.45) is 5.92 Å². The summed E-state index contributed by atoms with van der Waals surface area (Å²) in [6.07, 6.45) is 5.11. The molecule has 1 aromatic carbocycles. The molecule has 2 heterocycles. The molecule has 1 amide bonds. The molecule has 5 nitrogen and oxygen atoms in total. The number of nitrogens with zero attached hydrogens (tertiary/aromatic N) is 2. The van der Waals surface area contributed by atoms with Crippen LogP contribution in [0.1, 0.15) is 24.8 Å². The summed E-state index contributed by atoms with van der Waals surface area (Å²) in [5, 5.41) is 0.740. The Morgan fingerprint density at radius 3 is 3.04 bits per heavy atom. The second kappa shape index (κ2) is 7.57. The van der Waals surface area contributed by atoms with Gasteiger partial charge in [0, 0.05) is 19.2 Å². The van der Waals surface area contributed by atoms with Crippen molar-refractivity contribution in [3.05, 3.63) is 35.3 Å². The Hall–Kier alpha value is -2.21. The highest BCUT2D eigenvalue weighted by Crippen LogP contribution is 2.22. The van der Waals surface area contributed by atoms with E-state index in [1.165, 1.54) is 17.4 Å². The van der Waals surface area contributed by atoms with E-state index in [9.17, 15) is 9.59 Å². The minimum atomic E-state index is -0.521. The molecule has 0 bridgehead atoms. The maximum absolute atomic E-state index is 12.1. The molecule has 126 valence electrons. The average Bonchev–Trinajstić information content (AvgIpc) is 3.00. The standard InChI is InChI=1S/C18H20N2O3S/c1-13-5-4-10-20(11-13)17(21)12-23-18(22)9-8-16-19-14-6-2-3-7-15(14)24-16/h2-3,6-9,13H,4-5,10-12H2,1H3/b9-8+/t13-/m0/s1. The van der Waals surface area contributed by atoms with E-state index < -0.39 is 5.97 Å². The van der Waals surface area contributed by atoms with Crippen molar-refractivity contribution in [3.63, 3.8) is 0 Å². The molecule has 0 N–H and O–H groups in total. The first-order valence-corrected chi connectivity index (χ1v) is 8.91. The summed E-state index contributed by atoms with van der Waals surface area (Å²) in [5.74, 6) is -0.131.